The molecule has 3 rings (SSSR count). The summed E-state index contributed by atoms with van der Waals surface area (Å²) in [6.07, 6.45) is 1.44. The number of rotatable bonds is 5. The highest BCUT2D eigenvalue weighted by Crippen LogP contribution is 2.21. The van der Waals surface area contributed by atoms with Gasteiger partial charge < -0.3 is 9.64 Å². The van der Waals surface area contributed by atoms with E-state index in [2.05, 4.69) is 0 Å². The molecule has 1 aliphatic heterocycles. The number of nitrogens with zero attached hydrogens (tertiary/aromatic N) is 2. The van der Waals surface area contributed by atoms with Gasteiger partial charge in [-0.1, -0.05) is 11.3 Å². The highest BCUT2D eigenvalue weighted by Gasteiger charge is 2.21. The van der Waals surface area contributed by atoms with Crippen LogP contribution in [0.15, 0.2) is 34.4 Å². The van der Waals surface area contributed by atoms with Crippen LogP contribution < -0.4 is 9.77 Å². The highest BCUT2D eigenvalue weighted by atomic mass is 32.1. The van der Waals surface area contributed by atoms with Gasteiger partial charge in [0, 0.05) is 29.7 Å². The maximum atomic E-state index is 12.1. The second-order valence-corrected chi connectivity index (χ2v) is 6.45. The molecule has 126 valence electrons. The minimum atomic E-state index is -0.435. The maximum absolute atomic E-state index is 12.1. The van der Waals surface area contributed by atoms with E-state index in [1.54, 1.807) is 39.1 Å². The summed E-state index contributed by atoms with van der Waals surface area (Å²) in [5, 5.41) is 1.78. The molecule has 0 spiro atoms. The van der Waals surface area contributed by atoms with E-state index in [0.717, 1.165) is 35.7 Å². The zero-order chi connectivity index (χ0) is 17.1. The van der Waals surface area contributed by atoms with Crippen LogP contribution in [-0.4, -0.2) is 29.6 Å². The molecule has 2 heterocycles. The summed E-state index contributed by atoms with van der Waals surface area (Å²) in [6.45, 7) is 3.05. The van der Waals surface area contributed by atoms with Gasteiger partial charge in [-0.2, -0.15) is 0 Å². The van der Waals surface area contributed by atoms with Gasteiger partial charge in [0.15, 0.2) is 0 Å². The Hall–Kier alpha value is -2.41. The Balaban J connectivity index is 1.57. The number of esters is 1. The molecule has 0 saturated carbocycles. The number of hydrogen-bond donors (Lipinski definition) is 0. The van der Waals surface area contributed by atoms with Crippen molar-refractivity contribution < 1.29 is 14.3 Å². The number of hydrogen-bond acceptors (Lipinski definition) is 5. The molecule has 1 saturated heterocycles. The Morgan fingerprint density at radius 2 is 2.00 bits per heavy atom. The number of aryl methyl sites for hydroxylation is 1. The lowest BCUT2D eigenvalue weighted by Gasteiger charge is -2.15. The molecule has 1 amide bonds. The second-order valence-electron chi connectivity index (χ2n) is 5.63. The van der Waals surface area contributed by atoms with Crippen molar-refractivity contribution in [3.63, 3.8) is 0 Å². The fourth-order valence-electron chi connectivity index (χ4n) is 2.69. The van der Waals surface area contributed by atoms with E-state index < -0.39 is 5.97 Å². The Labute approximate surface area is 143 Å². The minimum absolute atomic E-state index is 0.0526. The Kier molecular flexibility index (Phi) is 4.80. The van der Waals surface area contributed by atoms with Crippen molar-refractivity contribution in [1.29, 1.82) is 0 Å². The molecule has 0 bridgehead atoms. The molecule has 0 unspecified atom stereocenters. The van der Waals surface area contributed by atoms with E-state index in [-0.39, 0.29) is 17.4 Å². The van der Waals surface area contributed by atoms with Gasteiger partial charge in [-0.25, -0.2) is 4.79 Å². The van der Waals surface area contributed by atoms with Crippen LogP contribution in [-0.2, 0) is 16.1 Å². The normalized spacial score (nSPS) is 14.2. The quantitative estimate of drug-likeness (QED) is 0.779. The predicted molar refractivity (Wildman–Crippen MR) is 91.6 cm³/mol. The number of amides is 1. The fourth-order valence-corrected chi connectivity index (χ4v) is 3.45. The predicted octanol–water partition coefficient (Wildman–Crippen LogP) is 2.20. The lowest BCUT2D eigenvalue weighted by Crippen LogP contribution is -2.23. The van der Waals surface area contributed by atoms with Crippen LogP contribution in [0.25, 0.3) is 0 Å². The van der Waals surface area contributed by atoms with Gasteiger partial charge in [0.1, 0.15) is 6.61 Å². The van der Waals surface area contributed by atoms with E-state index >= 15 is 0 Å². The third kappa shape index (κ3) is 3.41. The van der Waals surface area contributed by atoms with Gasteiger partial charge in [0.2, 0.25) is 5.91 Å². The van der Waals surface area contributed by atoms with Crippen molar-refractivity contribution in [3.05, 3.63) is 50.6 Å². The SMILES string of the molecule is Cc1csc(=O)n1CCOC(=O)c1ccc(N2CCCC2=O)cc1. The number of thiazole rings is 1. The van der Waals surface area contributed by atoms with Gasteiger partial charge >= 0.3 is 10.8 Å². The summed E-state index contributed by atoms with van der Waals surface area (Å²) in [5.41, 5.74) is 2.09. The first-order valence-electron chi connectivity index (χ1n) is 7.79. The molecule has 6 nitrogen and oxygen atoms in total. The molecule has 0 atom stereocenters. The van der Waals surface area contributed by atoms with Crippen LogP contribution in [0.2, 0.25) is 0 Å². The molecule has 7 heteroatoms. The van der Waals surface area contributed by atoms with E-state index in [1.165, 1.54) is 0 Å². The van der Waals surface area contributed by atoms with Crippen molar-refractivity contribution >= 4 is 28.9 Å². The first-order valence-corrected chi connectivity index (χ1v) is 8.67. The number of aromatic nitrogens is 1. The van der Waals surface area contributed by atoms with Crippen molar-refractivity contribution in [2.75, 3.05) is 18.1 Å². The van der Waals surface area contributed by atoms with Crippen molar-refractivity contribution in [2.45, 2.75) is 26.3 Å². The standard InChI is InChI=1S/C17H18N2O4S/c1-12-11-24-17(22)18(12)9-10-23-16(21)13-4-6-14(7-5-13)19-8-2-3-15(19)20/h4-7,11H,2-3,8-10H2,1H3. The Bertz CT molecular complexity index is 807. The summed E-state index contributed by atoms with van der Waals surface area (Å²) in [6, 6.07) is 6.83. The molecular formula is C17H18N2O4S. The van der Waals surface area contributed by atoms with E-state index in [9.17, 15) is 14.4 Å². The fraction of sp³-hybridized carbons (Fsp3) is 0.353. The van der Waals surface area contributed by atoms with Crippen LogP contribution in [0, 0.1) is 6.92 Å². The minimum Gasteiger partial charge on any atom is -0.460 e. The molecule has 1 fully saturated rings. The van der Waals surface area contributed by atoms with E-state index in [0.29, 0.717) is 18.5 Å². The second kappa shape index (κ2) is 7.00. The van der Waals surface area contributed by atoms with Crippen LogP contribution in [0.5, 0.6) is 0 Å². The molecule has 0 aliphatic carbocycles. The van der Waals surface area contributed by atoms with Gasteiger partial charge in [0.25, 0.3) is 0 Å². The Morgan fingerprint density at radius 3 is 2.58 bits per heavy atom. The molecule has 1 aromatic heterocycles. The van der Waals surface area contributed by atoms with Crippen LogP contribution in [0.3, 0.4) is 0 Å². The molecule has 1 aromatic carbocycles. The topological polar surface area (TPSA) is 68.6 Å². The number of benzene rings is 1. The van der Waals surface area contributed by atoms with E-state index in [4.69, 9.17) is 4.74 Å². The third-order valence-corrected chi connectivity index (χ3v) is 4.89. The zero-order valence-corrected chi connectivity index (χ0v) is 14.2. The number of carbonyl (C=O) groups is 2. The van der Waals surface area contributed by atoms with Crippen molar-refractivity contribution in [2.24, 2.45) is 0 Å². The summed E-state index contributed by atoms with van der Waals surface area (Å²) in [4.78, 5) is 37.0. The summed E-state index contributed by atoms with van der Waals surface area (Å²) in [7, 11) is 0. The summed E-state index contributed by atoms with van der Waals surface area (Å²) in [5.74, 6) is -0.322. The molecular weight excluding hydrogens is 328 g/mol. The first-order chi connectivity index (χ1) is 11.6. The summed E-state index contributed by atoms with van der Waals surface area (Å²) < 4.78 is 6.81. The lowest BCUT2D eigenvalue weighted by atomic mass is 10.2. The molecule has 1 aliphatic rings. The first kappa shape index (κ1) is 16.4. The third-order valence-electron chi connectivity index (χ3n) is 4.01. The maximum Gasteiger partial charge on any atom is 0.338 e. The lowest BCUT2D eigenvalue weighted by molar-refractivity contribution is -0.117. The summed E-state index contributed by atoms with van der Waals surface area (Å²) >= 11 is 1.13. The van der Waals surface area contributed by atoms with Gasteiger partial charge in [-0.05, 0) is 37.6 Å². The number of carbonyl (C=O) groups excluding carboxylic acids is 2. The zero-order valence-electron chi connectivity index (χ0n) is 13.4. The molecule has 2 aromatic rings. The molecule has 0 radical (unpaired) electrons. The van der Waals surface area contributed by atoms with Crippen LogP contribution in [0.4, 0.5) is 5.69 Å². The molecule has 0 N–H and O–H groups in total. The van der Waals surface area contributed by atoms with Crippen LogP contribution >= 0.6 is 11.3 Å². The average molecular weight is 346 g/mol. The van der Waals surface area contributed by atoms with Gasteiger partial charge in [-0.15, -0.1) is 0 Å². The number of ether oxygens (including phenoxy) is 1. The van der Waals surface area contributed by atoms with Crippen LogP contribution in [0.1, 0.15) is 28.9 Å². The van der Waals surface area contributed by atoms with E-state index in [1.807, 2.05) is 6.92 Å². The van der Waals surface area contributed by atoms with Gasteiger partial charge in [0.05, 0.1) is 12.1 Å². The average Bonchev–Trinajstić information content (AvgIpc) is 3.15. The highest BCUT2D eigenvalue weighted by molar-refractivity contribution is 7.07. The largest absolute Gasteiger partial charge is 0.460 e. The number of anilines is 1. The van der Waals surface area contributed by atoms with Crippen molar-refractivity contribution in [1.82, 2.24) is 4.57 Å². The van der Waals surface area contributed by atoms with Gasteiger partial charge in [-0.3, -0.25) is 14.2 Å². The monoisotopic (exact) mass is 346 g/mol. The van der Waals surface area contributed by atoms with Crippen molar-refractivity contribution in [3.8, 4) is 0 Å². The molecule has 24 heavy (non-hydrogen) atoms. The smallest absolute Gasteiger partial charge is 0.338 e. The Morgan fingerprint density at radius 1 is 1.25 bits per heavy atom.